The highest BCUT2D eigenvalue weighted by molar-refractivity contribution is 5.94. The van der Waals surface area contributed by atoms with E-state index in [1.807, 2.05) is 4.90 Å². The molecule has 9 heteroatoms. The molecule has 1 N–H and O–H groups in total. The normalized spacial score (nSPS) is 18.0. The van der Waals surface area contributed by atoms with Crippen LogP contribution in [0.15, 0.2) is 22.8 Å². The quantitative estimate of drug-likeness (QED) is 0.858. The van der Waals surface area contributed by atoms with Crippen LogP contribution >= 0.6 is 0 Å². The second-order valence-electron chi connectivity index (χ2n) is 7.16. The average Bonchev–Trinajstić information content (AvgIpc) is 3.37. The Hall–Kier alpha value is -2.58. The van der Waals surface area contributed by atoms with E-state index in [0.717, 1.165) is 50.7 Å². The molecule has 1 unspecified atom stereocenters. The van der Waals surface area contributed by atoms with E-state index in [1.54, 1.807) is 0 Å². The van der Waals surface area contributed by atoms with Crippen LogP contribution in [0.2, 0.25) is 0 Å². The summed E-state index contributed by atoms with van der Waals surface area (Å²) in [6, 6.07) is 0.335. The van der Waals surface area contributed by atoms with Crippen molar-refractivity contribution in [3.05, 3.63) is 41.1 Å². The summed E-state index contributed by atoms with van der Waals surface area (Å²) in [6.45, 7) is 1.58. The van der Waals surface area contributed by atoms with Gasteiger partial charge >= 0.3 is 6.18 Å². The van der Waals surface area contributed by atoms with Gasteiger partial charge in [0.15, 0.2) is 6.04 Å². The highest BCUT2D eigenvalue weighted by atomic mass is 19.4. The molecule has 1 saturated heterocycles. The van der Waals surface area contributed by atoms with Crippen molar-refractivity contribution in [2.75, 3.05) is 18.0 Å². The number of aromatic nitrogens is 2. The van der Waals surface area contributed by atoms with Gasteiger partial charge in [-0.15, -0.1) is 0 Å². The summed E-state index contributed by atoms with van der Waals surface area (Å²) in [7, 11) is 0. The maximum Gasteiger partial charge on any atom is 0.415 e. The highest BCUT2D eigenvalue weighted by Crippen LogP contribution is 2.34. The van der Waals surface area contributed by atoms with Crippen LogP contribution in [0.1, 0.15) is 59.2 Å². The predicted molar refractivity (Wildman–Crippen MR) is 95.1 cm³/mol. The predicted octanol–water partition coefficient (Wildman–Crippen LogP) is 3.58. The molecular formula is C19H21F3N4O2. The van der Waals surface area contributed by atoms with Gasteiger partial charge in [-0.05, 0) is 50.7 Å². The van der Waals surface area contributed by atoms with Gasteiger partial charge in [0, 0.05) is 24.3 Å². The average molecular weight is 394 g/mol. The molecule has 1 amide bonds. The molecule has 28 heavy (non-hydrogen) atoms. The number of fused-ring (bicyclic) bond motifs is 1. The zero-order chi connectivity index (χ0) is 19.7. The number of hydrogen-bond donors (Lipinski definition) is 1. The fourth-order valence-electron chi connectivity index (χ4n) is 3.80. The Bertz CT molecular complexity index is 846. The smallest absolute Gasteiger partial charge is 0.415 e. The van der Waals surface area contributed by atoms with Crippen LogP contribution in [0.4, 0.5) is 19.1 Å². The lowest BCUT2D eigenvalue weighted by Crippen LogP contribution is -2.39. The Labute approximate surface area is 160 Å². The number of anilines is 1. The molecule has 0 bridgehead atoms. The van der Waals surface area contributed by atoms with Gasteiger partial charge in [0.1, 0.15) is 11.5 Å². The number of carbonyl (C=O) groups is 1. The summed E-state index contributed by atoms with van der Waals surface area (Å²) in [6.07, 6.45) is 1.60. The summed E-state index contributed by atoms with van der Waals surface area (Å²) >= 11 is 0. The number of hydrogen-bond acceptors (Lipinski definition) is 5. The third-order valence-electron chi connectivity index (χ3n) is 5.21. The van der Waals surface area contributed by atoms with Crippen LogP contribution in [-0.4, -0.2) is 35.1 Å². The molecule has 0 radical (unpaired) electrons. The molecule has 6 nitrogen and oxygen atoms in total. The summed E-state index contributed by atoms with van der Waals surface area (Å²) in [5.41, 5.74) is 1.48. The van der Waals surface area contributed by atoms with Gasteiger partial charge in [-0.25, -0.2) is 9.97 Å². The minimum Gasteiger partial charge on any atom is -0.467 e. The van der Waals surface area contributed by atoms with Gasteiger partial charge in [0.25, 0.3) is 5.91 Å². The molecule has 0 aromatic carbocycles. The van der Waals surface area contributed by atoms with E-state index in [0.29, 0.717) is 24.4 Å². The molecule has 0 saturated carbocycles. The van der Waals surface area contributed by atoms with Crippen LogP contribution in [0.3, 0.4) is 0 Å². The summed E-state index contributed by atoms with van der Waals surface area (Å²) in [5.74, 6) is -0.770. The van der Waals surface area contributed by atoms with Crippen molar-refractivity contribution in [1.82, 2.24) is 15.3 Å². The third kappa shape index (κ3) is 3.70. The Morgan fingerprint density at radius 2 is 1.89 bits per heavy atom. The molecule has 1 aliphatic heterocycles. The molecule has 1 aliphatic carbocycles. The van der Waals surface area contributed by atoms with Crippen molar-refractivity contribution < 1.29 is 22.4 Å². The van der Waals surface area contributed by atoms with Gasteiger partial charge in [-0.3, -0.25) is 4.79 Å². The third-order valence-corrected chi connectivity index (χ3v) is 5.21. The second kappa shape index (κ2) is 7.44. The molecule has 0 spiro atoms. The van der Waals surface area contributed by atoms with Gasteiger partial charge < -0.3 is 14.6 Å². The molecule has 2 aromatic heterocycles. The Morgan fingerprint density at radius 3 is 2.57 bits per heavy atom. The van der Waals surface area contributed by atoms with Crippen molar-refractivity contribution in [2.24, 2.45) is 0 Å². The van der Waals surface area contributed by atoms with Crippen molar-refractivity contribution in [2.45, 2.75) is 50.7 Å². The first-order valence-electron chi connectivity index (χ1n) is 9.49. The number of amides is 1. The van der Waals surface area contributed by atoms with Gasteiger partial charge in [-0.1, -0.05) is 0 Å². The molecule has 2 aliphatic rings. The number of aryl methyl sites for hydroxylation is 1. The lowest BCUT2D eigenvalue weighted by Gasteiger charge is -2.24. The van der Waals surface area contributed by atoms with Crippen LogP contribution < -0.4 is 10.2 Å². The fraction of sp³-hybridized carbons (Fsp3) is 0.526. The van der Waals surface area contributed by atoms with E-state index in [-0.39, 0.29) is 11.5 Å². The van der Waals surface area contributed by atoms with Crippen LogP contribution in [0, 0.1) is 0 Å². The number of halogens is 3. The number of nitrogens with zero attached hydrogens (tertiary/aromatic N) is 3. The van der Waals surface area contributed by atoms with Crippen molar-refractivity contribution in [3.8, 4) is 0 Å². The first kappa shape index (κ1) is 18.8. The highest BCUT2D eigenvalue weighted by Gasteiger charge is 2.44. The maximum atomic E-state index is 13.5. The van der Waals surface area contributed by atoms with E-state index in [2.05, 4.69) is 15.3 Å². The number of alkyl halides is 3. The Kier molecular flexibility index (Phi) is 4.99. The van der Waals surface area contributed by atoms with Crippen molar-refractivity contribution >= 4 is 11.9 Å². The maximum absolute atomic E-state index is 13.5. The van der Waals surface area contributed by atoms with Crippen LogP contribution in [0.5, 0.6) is 0 Å². The molecule has 1 fully saturated rings. The second-order valence-corrected chi connectivity index (χ2v) is 7.16. The molecular weight excluding hydrogens is 373 g/mol. The zero-order valence-electron chi connectivity index (χ0n) is 15.3. The largest absolute Gasteiger partial charge is 0.467 e. The molecule has 3 heterocycles. The molecule has 4 rings (SSSR count). The Balaban J connectivity index is 1.68. The fourth-order valence-corrected chi connectivity index (χ4v) is 3.80. The number of furan rings is 1. The van der Waals surface area contributed by atoms with Gasteiger partial charge in [0.05, 0.1) is 6.26 Å². The van der Waals surface area contributed by atoms with E-state index in [4.69, 9.17) is 4.42 Å². The Morgan fingerprint density at radius 1 is 1.14 bits per heavy atom. The molecule has 2 aromatic rings. The van der Waals surface area contributed by atoms with Gasteiger partial charge in [-0.2, -0.15) is 13.2 Å². The van der Waals surface area contributed by atoms with Crippen molar-refractivity contribution in [1.29, 1.82) is 0 Å². The van der Waals surface area contributed by atoms with Crippen LogP contribution in [0.25, 0.3) is 0 Å². The topological polar surface area (TPSA) is 71.3 Å². The van der Waals surface area contributed by atoms with E-state index >= 15 is 0 Å². The summed E-state index contributed by atoms with van der Waals surface area (Å²) in [5, 5.41) is 2.08. The molecule has 1 atom stereocenters. The van der Waals surface area contributed by atoms with E-state index < -0.39 is 18.1 Å². The van der Waals surface area contributed by atoms with E-state index in [9.17, 15) is 18.0 Å². The minimum atomic E-state index is -4.68. The lowest BCUT2D eigenvalue weighted by atomic mass is 9.94. The minimum absolute atomic E-state index is 0.0485. The zero-order valence-corrected chi connectivity index (χ0v) is 15.3. The lowest BCUT2D eigenvalue weighted by molar-refractivity contribution is -0.159. The first-order valence-corrected chi connectivity index (χ1v) is 9.49. The van der Waals surface area contributed by atoms with Crippen molar-refractivity contribution in [3.63, 3.8) is 0 Å². The van der Waals surface area contributed by atoms with E-state index in [1.165, 1.54) is 12.1 Å². The standard InChI is InChI=1S/C19H21F3N4O2/c20-19(21,22)16(14-8-5-11-28-14)25-17(27)15-12-6-1-2-7-13(12)23-18(24-15)26-9-3-4-10-26/h5,8,11,16H,1-4,6-7,9-10H2,(H,25,27). The number of rotatable bonds is 4. The number of nitrogens with one attached hydrogen (secondary N) is 1. The monoisotopic (exact) mass is 394 g/mol. The first-order chi connectivity index (χ1) is 13.4. The summed E-state index contributed by atoms with van der Waals surface area (Å²) < 4.78 is 45.4. The van der Waals surface area contributed by atoms with Crippen LogP contribution in [-0.2, 0) is 12.8 Å². The summed E-state index contributed by atoms with van der Waals surface area (Å²) in [4.78, 5) is 23.9. The molecule has 150 valence electrons. The SMILES string of the molecule is O=C(NC(c1ccco1)C(F)(F)F)c1nc(N2CCCC2)nc2c1CCCC2. The number of carbonyl (C=O) groups excluding carboxylic acids is 1. The van der Waals surface area contributed by atoms with Gasteiger partial charge in [0.2, 0.25) is 5.95 Å².